The molecule has 54 heavy (non-hydrogen) atoms. The Morgan fingerprint density at radius 1 is 0.889 bits per heavy atom. The van der Waals surface area contributed by atoms with Crippen LogP contribution in [-0.2, 0) is 24.6 Å². The molecule has 3 fully saturated rings. The molecule has 10 nitrogen and oxygen atoms in total. The summed E-state index contributed by atoms with van der Waals surface area (Å²) in [5.74, 6) is -5.51. The summed E-state index contributed by atoms with van der Waals surface area (Å²) in [4.78, 5) is 60.3. The topological polar surface area (TPSA) is 125 Å². The molecule has 12 heteroatoms. The quantitative estimate of drug-likeness (QED) is 0.139. The smallest absolute Gasteiger partial charge is 0.260 e. The largest absolute Gasteiger partial charge is 0.504 e. The van der Waals surface area contributed by atoms with Crippen molar-refractivity contribution in [1.82, 2.24) is 5.01 Å². The Balaban J connectivity index is 1.34. The third kappa shape index (κ3) is 5.15. The number of hydrogen-bond donors (Lipinski definition) is 2. The van der Waals surface area contributed by atoms with E-state index in [9.17, 15) is 19.5 Å². The van der Waals surface area contributed by atoms with Crippen molar-refractivity contribution in [3.8, 4) is 17.2 Å². The van der Waals surface area contributed by atoms with Gasteiger partial charge in [-0.15, -0.1) is 0 Å². The van der Waals surface area contributed by atoms with Gasteiger partial charge in [0.15, 0.2) is 11.5 Å². The number of halogens is 2. The van der Waals surface area contributed by atoms with Gasteiger partial charge >= 0.3 is 0 Å². The van der Waals surface area contributed by atoms with Gasteiger partial charge in [-0.05, 0) is 78.4 Å². The van der Waals surface area contributed by atoms with Gasteiger partial charge in [-0.1, -0.05) is 83.9 Å². The predicted octanol–water partition coefficient (Wildman–Crippen LogP) is 7.55. The monoisotopic (exact) mass is 763 g/mol. The number of carbonyl (C=O) groups excluding carboxylic acids is 4. The maximum absolute atomic E-state index is 15.4. The number of phenols is 1. The van der Waals surface area contributed by atoms with Gasteiger partial charge in [0.25, 0.3) is 11.8 Å². The minimum absolute atomic E-state index is 0.0691. The molecule has 2 aliphatic carbocycles. The van der Waals surface area contributed by atoms with Gasteiger partial charge in [-0.2, -0.15) is 5.01 Å². The summed E-state index contributed by atoms with van der Waals surface area (Å²) in [6.07, 6.45) is 3.89. The second-order valence-electron chi connectivity index (χ2n) is 13.9. The lowest BCUT2D eigenvalue weighted by Crippen LogP contribution is -2.53. The van der Waals surface area contributed by atoms with E-state index < -0.39 is 46.8 Å². The number of hydrazine groups is 1. The molecule has 274 valence electrons. The molecule has 8 rings (SSSR count). The molecular weight excluding hydrogens is 729 g/mol. The fourth-order valence-corrected chi connectivity index (χ4v) is 9.59. The molecule has 4 aliphatic rings. The van der Waals surface area contributed by atoms with Crippen molar-refractivity contribution in [3.05, 3.63) is 130 Å². The van der Waals surface area contributed by atoms with Gasteiger partial charge in [0.05, 0.1) is 53.8 Å². The second kappa shape index (κ2) is 13.4. The fraction of sp³-hybridized carbons (Fsp3) is 0.238. The lowest BCUT2D eigenvalue weighted by Gasteiger charge is -2.50. The fourth-order valence-electron chi connectivity index (χ4n) is 9.14. The van der Waals surface area contributed by atoms with Crippen LogP contribution in [0.4, 0.5) is 11.4 Å². The normalized spacial score (nSPS) is 25.9. The van der Waals surface area contributed by atoms with Gasteiger partial charge in [0.2, 0.25) is 11.8 Å². The number of aromatic hydroxyl groups is 1. The Bertz CT molecular complexity index is 2270. The van der Waals surface area contributed by atoms with Crippen LogP contribution in [0.25, 0.3) is 6.08 Å². The first-order chi connectivity index (χ1) is 26.0. The van der Waals surface area contributed by atoms with Crippen molar-refractivity contribution in [3.63, 3.8) is 0 Å². The number of amides is 4. The first-order valence-electron chi connectivity index (χ1n) is 17.5. The Morgan fingerprint density at radius 3 is 2.30 bits per heavy atom. The molecule has 2 saturated heterocycles. The molecule has 4 aromatic carbocycles. The number of imide groups is 2. The Labute approximate surface area is 321 Å². The summed E-state index contributed by atoms with van der Waals surface area (Å²) < 4.78 is 11.0. The van der Waals surface area contributed by atoms with E-state index in [-0.39, 0.29) is 46.9 Å². The van der Waals surface area contributed by atoms with Crippen molar-refractivity contribution < 1.29 is 33.8 Å². The van der Waals surface area contributed by atoms with E-state index in [4.69, 9.17) is 32.7 Å². The summed E-state index contributed by atoms with van der Waals surface area (Å²) >= 11 is 12.7. The number of rotatable bonds is 8. The van der Waals surface area contributed by atoms with Crippen LogP contribution >= 0.6 is 23.2 Å². The summed E-state index contributed by atoms with van der Waals surface area (Å²) in [7, 11) is 2.96. The van der Waals surface area contributed by atoms with E-state index in [1.807, 2.05) is 6.08 Å². The highest BCUT2D eigenvalue weighted by Crippen LogP contribution is 2.65. The summed E-state index contributed by atoms with van der Waals surface area (Å²) in [5.41, 5.74) is 4.42. The third-order valence-corrected chi connectivity index (χ3v) is 12.1. The van der Waals surface area contributed by atoms with Crippen LogP contribution in [0.2, 0.25) is 10.0 Å². The number of anilines is 2. The number of fused-ring (bicyclic) bond motifs is 4. The predicted molar refractivity (Wildman–Crippen MR) is 204 cm³/mol. The maximum Gasteiger partial charge on any atom is 0.260 e. The number of benzene rings is 4. The Hall–Kier alpha value is -5.58. The molecule has 0 bridgehead atoms. The molecule has 4 amide bonds. The average molecular weight is 765 g/mol. The van der Waals surface area contributed by atoms with Crippen molar-refractivity contribution in [2.45, 2.75) is 24.2 Å². The molecule has 1 saturated carbocycles. The van der Waals surface area contributed by atoms with Crippen LogP contribution in [0.3, 0.4) is 0 Å². The lowest BCUT2D eigenvalue weighted by atomic mass is 9.49. The third-order valence-electron chi connectivity index (χ3n) is 11.5. The molecule has 2 N–H and O–H groups in total. The zero-order valence-electron chi connectivity index (χ0n) is 29.3. The Kier molecular flexibility index (Phi) is 8.78. The van der Waals surface area contributed by atoms with Gasteiger partial charge in [-0.3, -0.25) is 29.5 Å². The average Bonchev–Trinajstić information content (AvgIpc) is 3.56. The van der Waals surface area contributed by atoms with Gasteiger partial charge in [0.1, 0.15) is 5.75 Å². The minimum Gasteiger partial charge on any atom is -0.504 e. The summed E-state index contributed by atoms with van der Waals surface area (Å²) in [5, 5.41) is 13.4. The molecule has 4 aromatic rings. The number of para-hydroxylation sites is 1. The van der Waals surface area contributed by atoms with Gasteiger partial charge in [0, 0.05) is 16.5 Å². The highest BCUT2D eigenvalue weighted by atomic mass is 35.5. The van der Waals surface area contributed by atoms with E-state index in [2.05, 4.69) is 12.0 Å². The van der Waals surface area contributed by atoms with Crippen molar-refractivity contribution in [2.75, 3.05) is 24.5 Å². The number of ether oxygens (including phenoxy) is 2. The second-order valence-corrected chi connectivity index (χ2v) is 14.8. The van der Waals surface area contributed by atoms with Crippen LogP contribution < -0.4 is 19.8 Å². The number of carbonyl (C=O) groups is 4. The molecule has 6 atom stereocenters. The van der Waals surface area contributed by atoms with Crippen molar-refractivity contribution >= 4 is 64.3 Å². The van der Waals surface area contributed by atoms with E-state index in [1.54, 1.807) is 84.9 Å². The summed E-state index contributed by atoms with van der Waals surface area (Å²) in [6.45, 7) is 3.79. The highest BCUT2D eigenvalue weighted by molar-refractivity contribution is 6.36. The van der Waals surface area contributed by atoms with Gasteiger partial charge < -0.3 is 14.6 Å². The standard InChI is InChI=1S/C42H35Cl2N3O7/c1-4-22-8-13-25(14-9-22)46-38(49)28-18-17-27-30(35(28)40(46)51)21-31-39(50)47(45-33-19-12-24(43)20-32(33)44)41(52)42(31,23-10-15-26(53-2)16-11-23)36(27)29-6-5-7-34(54-3)37(29)48/h4-17,19-20,28,30-31,35-36,45,48H,1,18,21H2,2-3H3. The molecule has 2 heterocycles. The molecule has 6 unspecified atom stereocenters. The highest BCUT2D eigenvalue weighted by Gasteiger charge is 2.70. The zero-order chi connectivity index (χ0) is 38.1. The Morgan fingerprint density at radius 2 is 1.63 bits per heavy atom. The van der Waals surface area contributed by atoms with Gasteiger partial charge in [-0.25, -0.2) is 0 Å². The van der Waals surface area contributed by atoms with Crippen LogP contribution in [-0.4, -0.2) is 48.0 Å². The van der Waals surface area contributed by atoms with Crippen LogP contribution in [0, 0.1) is 23.7 Å². The van der Waals surface area contributed by atoms with E-state index in [1.165, 1.54) is 25.2 Å². The maximum atomic E-state index is 15.4. The number of nitrogens with zero attached hydrogens (tertiary/aromatic N) is 2. The lowest BCUT2D eigenvalue weighted by molar-refractivity contribution is -0.138. The van der Waals surface area contributed by atoms with Crippen LogP contribution in [0.15, 0.2) is 103 Å². The van der Waals surface area contributed by atoms with Crippen molar-refractivity contribution in [1.29, 1.82) is 0 Å². The summed E-state index contributed by atoms with van der Waals surface area (Å²) in [6, 6.07) is 23.7. The van der Waals surface area contributed by atoms with Crippen LogP contribution in [0.5, 0.6) is 17.2 Å². The van der Waals surface area contributed by atoms with E-state index in [0.29, 0.717) is 33.2 Å². The minimum atomic E-state index is -1.64. The molecule has 0 radical (unpaired) electrons. The SMILES string of the molecule is C=Cc1ccc(N2C(=O)C3CC=C4C(CC5C(=O)N(Nc6ccc(Cl)cc6Cl)C(=O)C5(c5ccc(OC)cc5)C4c4cccc(OC)c4O)C3C2=O)cc1. The number of methoxy groups -OCH3 is 2. The first kappa shape index (κ1) is 35.4. The van der Waals surface area contributed by atoms with E-state index >= 15 is 4.79 Å². The van der Waals surface area contributed by atoms with Crippen LogP contribution in [0.1, 0.15) is 35.4 Å². The number of phenolic OH excluding ortho intramolecular Hbond substituents is 1. The zero-order valence-corrected chi connectivity index (χ0v) is 30.8. The molecule has 0 aromatic heterocycles. The number of hydrogen-bond acceptors (Lipinski definition) is 8. The molecule has 2 aliphatic heterocycles. The number of allylic oxidation sites excluding steroid dienone is 2. The van der Waals surface area contributed by atoms with Crippen molar-refractivity contribution in [2.24, 2.45) is 23.7 Å². The molecular formula is C42H35Cl2N3O7. The first-order valence-corrected chi connectivity index (χ1v) is 18.2. The number of nitrogens with one attached hydrogen (secondary N) is 1. The van der Waals surface area contributed by atoms with E-state index in [0.717, 1.165) is 10.6 Å². The molecule has 0 spiro atoms.